The topological polar surface area (TPSA) is 55.8 Å². The molecule has 1 heterocycles. The molecule has 1 aromatic rings. The Hall–Kier alpha value is -1.23. The molecule has 0 atom stereocenters. The maximum atomic E-state index is 11.9. The molecule has 1 aliphatic carbocycles. The molecule has 0 amide bonds. The van der Waals surface area contributed by atoms with Crippen LogP contribution in [0.2, 0.25) is 0 Å². The molecule has 2 aliphatic rings. The Morgan fingerprint density at radius 1 is 1.35 bits per heavy atom. The van der Waals surface area contributed by atoms with E-state index in [9.17, 15) is 9.90 Å². The number of hydrogen-bond donors (Lipinski definition) is 1. The summed E-state index contributed by atoms with van der Waals surface area (Å²) >= 11 is 3.48. The number of hydrogen-bond acceptors (Lipinski definition) is 3. The van der Waals surface area contributed by atoms with E-state index in [2.05, 4.69) is 15.9 Å². The zero-order valence-electron chi connectivity index (χ0n) is 11.4. The summed E-state index contributed by atoms with van der Waals surface area (Å²) in [6.07, 6.45) is 4.05. The van der Waals surface area contributed by atoms with Gasteiger partial charge >= 0.3 is 5.97 Å². The van der Waals surface area contributed by atoms with Crippen molar-refractivity contribution >= 4 is 21.9 Å². The standard InChI is InChI=1S/C15H17BrO4/c1-2-9-10(15(14(17)18)5-3-4-6-15)7-11(16)13-12(9)19-8-20-13/h7H,2-6,8H2,1H3,(H,17,18). The molecule has 0 aromatic heterocycles. The van der Waals surface area contributed by atoms with E-state index in [1.165, 1.54) is 0 Å². The van der Waals surface area contributed by atoms with Crippen molar-refractivity contribution in [2.45, 2.75) is 44.4 Å². The van der Waals surface area contributed by atoms with Crippen LogP contribution in [0.25, 0.3) is 0 Å². The second-order valence-electron chi connectivity index (χ2n) is 5.40. The normalized spacial score (nSPS) is 19.3. The summed E-state index contributed by atoms with van der Waals surface area (Å²) in [7, 11) is 0. The second kappa shape index (κ2) is 4.95. The lowest BCUT2D eigenvalue weighted by atomic mass is 9.76. The molecule has 1 N–H and O–H groups in total. The maximum Gasteiger partial charge on any atom is 0.314 e. The van der Waals surface area contributed by atoms with E-state index in [1.807, 2.05) is 13.0 Å². The lowest BCUT2D eigenvalue weighted by Gasteiger charge is -2.28. The maximum absolute atomic E-state index is 11.9. The van der Waals surface area contributed by atoms with Crippen LogP contribution in [0.15, 0.2) is 10.5 Å². The Morgan fingerprint density at radius 3 is 2.60 bits per heavy atom. The minimum atomic E-state index is -0.769. The predicted molar refractivity (Wildman–Crippen MR) is 77.4 cm³/mol. The van der Waals surface area contributed by atoms with E-state index in [4.69, 9.17) is 9.47 Å². The van der Waals surface area contributed by atoms with Gasteiger partial charge in [-0.2, -0.15) is 0 Å². The Bertz CT molecular complexity index is 561. The average molecular weight is 341 g/mol. The minimum Gasteiger partial charge on any atom is -0.481 e. The third-order valence-electron chi connectivity index (χ3n) is 4.44. The molecule has 1 aliphatic heterocycles. The van der Waals surface area contributed by atoms with E-state index in [-0.39, 0.29) is 6.79 Å². The van der Waals surface area contributed by atoms with Crippen molar-refractivity contribution < 1.29 is 19.4 Å². The summed E-state index contributed by atoms with van der Waals surface area (Å²) in [6.45, 7) is 2.23. The van der Waals surface area contributed by atoms with Crippen LogP contribution >= 0.6 is 15.9 Å². The number of halogens is 1. The van der Waals surface area contributed by atoms with Gasteiger partial charge in [-0.25, -0.2) is 0 Å². The van der Waals surface area contributed by atoms with Gasteiger partial charge < -0.3 is 14.6 Å². The van der Waals surface area contributed by atoms with Gasteiger partial charge in [-0.1, -0.05) is 19.8 Å². The highest BCUT2D eigenvalue weighted by Crippen LogP contribution is 2.50. The SMILES string of the molecule is CCc1c(C2(C(=O)O)CCCC2)cc(Br)c2c1OCO2. The Balaban J connectivity index is 2.23. The molecule has 20 heavy (non-hydrogen) atoms. The van der Waals surface area contributed by atoms with Crippen LogP contribution in [0.5, 0.6) is 11.5 Å². The summed E-state index contributed by atoms with van der Waals surface area (Å²) in [4.78, 5) is 11.9. The van der Waals surface area contributed by atoms with E-state index < -0.39 is 11.4 Å². The lowest BCUT2D eigenvalue weighted by Crippen LogP contribution is -2.33. The molecule has 0 saturated heterocycles. The molecule has 1 aromatic carbocycles. The number of fused-ring (bicyclic) bond motifs is 1. The van der Waals surface area contributed by atoms with Crippen LogP contribution in [0.1, 0.15) is 43.7 Å². The van der Waals surface area contributed by atoms with Gasteiger partial charge in [-0.05, 0) is 46.8 Å². The van der Waals surface area contributed by atoms with E-state index >= 15 is 0 Å². The fourth-order valence-corrected chi connectivity index (χ4v) is 3.96. The third-order valence-corrected chi connectivity index (χ3v) is 5.02. The molecule has 3 rings (SSSR count). The number of aliphatic carboxylic acids is 1. The number of carboxylic acids is 1. The van der Waals surface area contributed by atoms with E-state index in [1.54, 1.807) is 0 Å². The highest BCUT2D eigenvalue weighted by Gasteiger charge is 2.45. The molecule has 0 bridgehead atoms. The highest BCUT2D eigenvalue weighted by molar-refractivity contribution is 9.10. The predicted octanol–water partition coefficient (Wildman–Crippen LogP) is 3.64. The summed E-state index contributed by atoms with van der Waals surface area (Å²) in [5.74, 6) is 0.684. The smallest absolute Gasteiger partial charge is 0.314 e. The first kappa shape index (κ1) is 13.7. The van der Waals surface area contributed by atoms with Crippen LogP contribution in [-0.4, -0.2) is 17.9 Å². The quantitative estimate of drug-likeness (QED) is 0.912. The third kappa shape index (κ3) is 1.83. The van der Waals surface area contributed by atoms with Crippen molar-refractivity contribution in [2.24, 2.45) is 0 Å². The van der Waals surface area contributed by atoms with Crippen molar-refractivity contribution in [1.29, 1.82) is 0 Å². The van der Waals surface area contributed by atoms with Gasteiger partial charge in [-0.15, -0.1) is 0 Å². The Kier molecular flexibility index (Phi) is 3.40. The summed E-state index contributed by atoms with van der Waals surface area (Å²) in [5.41, 5.74) is 1.10. The van der Waals surface area contributed by atoms with Crippen LogP contribution in [-0.2, 0) is 16.6 Å². The minimum absolute atomic E-state index is 0.199. The number of carboxylic acid groups (broad SMARTS) is 1. The van der Waals surface area contributed by atoms with Gasteiger partial charge in [0.1, 0.15) is 0 Å². The largest absolute Gasteiger partial charge is 0.481 e. The molecule has 0 radical (unpaired) electrons. The highest BCUT2D eigenvalue weighted by atomic mass is 79.9. The molecular weight excluding hydrogens is 324 g/mol. The first-order valence-corrected chi connectivity index (χ1v) is 7.74. The number of rotatable bonds is 3. The van der Waals surface area contributed by atoms with Crippen molar-refractivity contribution in [3.8, 4) is 11.5 Å². The summed E-state index contributed by atoms with van der Waals surface area (Å²) in [5, 5.41) is 9.79. The fourth-order valence-electron chi connectivity index (χ4n) is 3.44. The number of benzene rings is 1. The van der Waals surface area contributed by atoms with Crippen LogP contribution < -0.4 is 9.47 Å². The lowest BCUT2D eigenvalue weighted by molar-refractivity contribution is -0.143. The Labute approximate surface area is 126 Å². The summed E-state index contributed by atoms with van der Waals surface area (Å²) < 4.78 is 11.8. The first-order chi connectivity index (χ1) is 9.60. The zero-order chi connectivity index (χ0) is 14.3. The van der Waals surface area contributed by atoms with E-state index in [0.29, 0.717) is 24.3 Å². The van der Waals surface area contributed by atoms with Gasteiger partial charge in [0.05, 0.1) is 9.89 Å². The zero-order valence-corrected chi connectivity index (χ0v) is 13.0. The van der Waals surface area contributed by atoms with Gasteiger partial charge in [0.15, 0.2) is 11.5 Å². The molecule has 5 heteroatoms. The van der Waals surface area contributed by atoms with Gasteiger partial charge in [0, 0.05) is 5.56 Å². The van der Waals surface area contributed by atoms with Gasteiger partial charge in [0.2, 0.25) is 6.79 Å². The molecule has 0 spiro atoms. The fraction of sp³-hybridized carbons (Fsp3) is 0.533. The van der Waals surface area contributed by atoms with Crippen LogP contribution in [0.3, 0.4) is 0 Å². The molecule has 1 saturated carbocycles. The van der Waals surface area contributed by atoms with Crippen LogP contribution in [0.4, 0.5) is 0 Å². The molecule has 0 unspecified atom stereocenters. The average Bonchev–Trinajstić information content (AvgIpc) is 3.08. The first-order valence-electron chi connectivity index (χ1n) is 6.95. The van der Waals surface area contributed by atoms with E-state index in [0.717, 1.165) is 34.9 Å². The second-order valence-corrected chi connectivity index (χ2v) is 6.25. The van der Waals surface area contributed by atoms with Crippen molar-refractivity contribution in [3.05, 3.63) is 21.7 Å². The van der Waals surface area contributed by atoms with Gasteiger partial charge in [0.25, 0.3) is 0 Å². The molecule has 4 nitrogen and oxygen atoms in total. The number of carbonyl (C=O) groups is 1. The molecular formula is C15H17BrO4. The van der Waals surface area contributed by atoms with Crippen molar-refractivity contribution in [1.82, 2.24) is 0 Å². The number of ether oxygens (including phenoxy) is 2. The molecule has 108 valence electrons. The Morgan fingerprint density at radius 2 is 2.00 bits per heavy atom. The van der Waals surface area contributed by atoms with Crippen LogP contribution in [0, 0.1) is 0 Å². The van der Waals surface area contributed by atoms with Crippen molar-refractivity contribution in [2.75, 3.05) is 6.79 Å². The monoisotopic (exact) mass is 340 g/mol. The van der Waals surface area contributed by atoms with Gasteiger partial charge in [-0.3, -0.25) is 4.79 Å². The summed E-state index contributed by atoms with van der Waals surface area (Å²) in [6, 6.07) is 1.92. The van der Waals surface area contributed by atoms with Crippen molar-refractivity contribution in [3.63, 3.8) is 0 Å². The molecule has 1 fully saturated rings.